The van der Waals surface area contributed by atoms with Crippen LogP contribution in [0.25, 0.3) is 0 Å². The summed E-state index contributed by atoms with van der Waals surface area (Å²) < 4.78 is 38.2. The Balaban J connectivity index is 1.61. The first-order chi connectivity index (χ1) is 13.9. The molecule has 0 unspecified atom stereocenters. The molecule has 0 atom stereocenters. The summed E-state index contributed by atoms with van der Waals surface area (Å²) in [4.78, 5) is 13.9. The molecular weight excluding hydrogens is 392 g/mol. The van der Waals surface area contributed by atoms with Crippen LogP contribution in [0.2, 0.25) is 0 Å². The zero-order chi connectivity index (χ0) is 20.9. The molecule has 0 saturated carbocycles. The largest absolute Gasteiger partial charge is 0.493 e. The molecule has 0 aromatic heterocycles. The third-order valence-electron chi connectivity index (χ3n) is 4.94. The number of benzene rings is 2. The summed E-state index contributed by atoms with van der Waals surface area (Å²) >= 11 is 0. The Hall–Kier alpha value is -2.58. The lowest BCUT2D eigenvalue weighted by atomic mass is 10.1. The van der Waals surface area contributed by atoms with Crippen LogP contribution in [0, 0.1) is 0 Å². The molecule has 0 radical (unpaired) electrons. The number of piperidine rings is 1. The van der Waals surface area contributed by atoms with E-state index in [1.54, 1.807) is 37.3 Å². The molecule has 0 spiro atoms. The zero-order valence-electron chi connectivity index (χ0n) is 16.7. The molecule has 7 nitrogen and oxygen atoms in total. The van der Waals surface area contributed by atoms with Gasteiger partial charge in [-0.2, -0.15) is 0 Å². The normalized spacial score (nSPS) is 14.7. The predicted octanol–water partition coefficient (Wildman–Crippen LogP) is 2.74. The Kier molecular flexibility index (Phi) is 6.76. The van der Waals surface area contributed by atoms with Crippen molar-refractivity contribution in [2.75, 3.05) is 32.2 Å². The van der Waals surface area contributed by atoms with E-state index in [0.29, 0.717) is 30.9 Å². The first-order valence-corrected chi connectivity index (χ1v) is 11.0. The van der Waals surface area contributed by atoms with Crippen LogP contribution in [0.1, 0.15) is 24.8 Å². The summed E-state index contributed by atoms with van der Waals surface area (Å²) in [7, 11) is -0.501. The Labute approximate surface area is 171 Å². The second kappa shape index (κ2) is 9.28. The van der Waals surface area contributed by atoms with Crippen LogP contribution in [0.5, 0.6) is 11.5 Å². The van der Waals surface area contributed by atoms with Crippen LogP contribution in [0.15, 0.2) is 47.4 Å². The number of hydrogen-bond donors (Lipinski definition) is 1. The number of carbonyl (C=O) groups excluding carboxylic acids is 1. The van der Waals surface area contributed by atoms with Gasteiger partial charge in [0.2, 0.25) is 15.9 Å². The van der Waals surface area contributed by atoms with E-state index >= 15 is 0 Å². The standard InChI is InChI=1S/C21H26N2O5S/c1-27-19-11-6-16(15-20(19)28-2)12-13-22-29(25,26)18-9-7-17(8-10-18)23-14-4-3-5-21(23)24/h6-11,15,22H,3-5,12-14H2,1-2H3. The topological polar surface area (TPSA) is 84.9 Å². The van der Waals surface area contributed by atoms with Gasteiger partial charge in [-0.1, -0.05) is 6.07 Å². The average molecular weight is 419 g/mol. The van der Waals surface area contributed by atoms with Gasteiger partial charge in [-0.3, -0.25) is 4.79 Å². The third kappa shape index (κ3) is 5.07. The number of amides is 1. The highest BCUT2D eigenvalue weighted by Crippen LogP contribution is 2.27. The van der Waals surface area contributed by atoms with Crippen LogP contribution in [0.3, 0.4) is 0 Å². The molecular formula is C21H26N2O5S. The number of hydrogen-bond acceptors (Lipinski definition) is 5. The van der Waals surface area contributed by atoms with Crippen molar-refractivity contribution < 1.29 is 22.7 Å². The van der Waals surface area contributed by atoms with Gasteiger partial charge in [0.05, 0.1) is 19.1 Å². The summed E-state index contributed by atoms with van der Waals surface area (Å²) in [6, 6.07) is 11.9. The lowest BCUT2D eigenvalue weighted by molar-refractivity contribution is -0.119. The summed E-state index contributed by atoms with van der Waals surface area (Å²) in [5.74, 6) is 1.32. The fourth-order valence-electron chi connectivity index (χ4n) is 3.33. The number of carbonyl (C=O) groups is 1. The van der Waals surface area contributed by atoms with Gasteiger partial charge in [0.15, 0.2) is 11.5 Å². The molecule has 29 heavy (non-hydrogen) atoms. The Morgan fingerprint density at radius 1 is 1.00 bits per heavy atom. The molecule has 0 aliphatic carbocycles. The van der Waals surface area contributed by atoms with Gasteiger partial charge in [-0.05, 0) is 61.2 Å². The minimum atomic E-state index is -3.63. The van der Waals surface area contributed by atoms with Gasteiger partial charge < -0.3 is 14.4 Å². The van der Waals surface area contributed by atoms with Crippen molar-refractivity contribution in [3.8, 4) is 11.5 Å². The molecule has 1 N–H and O–H groups in total. The van der Waals surface area contributed by atoms with Crippen molar-refractivity contribution in [3.63, 3.8) is 0 Å². The number of nitrogens with zero attached hydrogens (tertiary/aromatic N) is 1. The summed E-state index contributed by atoms with van der Waals surface area (Å²) in [5.41, 5.74) is 1.67. The highest BCUT2D eigenvalue weighted by molar-refractivity contribution is 7.89. The van der Waals surface area contributed by atoms with E-state index in [1.165, 1.54) is 12.1 Å². The lowest BCUT2D eigenvalue weighted by Gasteiger charge is -2.26. The Bertz CT molecular complexity index is 958. The maximum absolute atomic E-state index is 12.6. The molecule has 1 fully saturated rings. The van der Waals surface area contributed by atoms with Crippen LogP contribution >= 0.6 is 0 Å². The number of anilines is 1. The molecule has 1 aliphatic rings. The molecule has 1 saturated heterocycles. The average Bonchev–Trinajstić information content (AvgIpc) is 2.74. The van der Waals surface area contributed by atoms with Crippen LogP contribution in [-0.4, -0.2) is 41.6 Å². The van der Waals surface area contributed by atoms with Gasteiger partial charge in [-0.25, -0.2) is 13.1 Å². The molecule has 3 rings (SSSR count). The number of methoxy groups -OCH3 is 2. The van der Waals surface area contributed by atoms with Gasteiger partial charge in [0.1, 0.15) is 0 Å². The van der Waals surface area contributed by atoms with Crippen LogP contribution < -0.4 is 19.1 Å². The van der Waals surface area contributed by atoms with Crippen molar-refractivity contribution in [2.45, 2.75) is 30.6 Å². The van der Waals surface area contributed by atoms with Gasteiger partial charge >= 0.3 is 0 Å². The summed E-state index contributed by atoms with van der Waals surface area (Å²) in [5, 5.41) is 0. The van der Waals surface area contributed by atoms with Crippen LogP contribution in [0.4, 0.5) is 5.69 Å². The summed E-state index contributed by atoms with van der Waals surface area (Å²) in [6.45, 7) is 0.929. The smallest absolute Gasteiger partial charge is 0.240 e. The van der Waals surface area contributed by atoms with Gasteiger partial charge in [0, 0.05) is 25.2 Å². The summed E-state index contributed by atoms with van der Waals surface area (Å²) in [6.07, 6.45) is 2.92. The van der Waals surface area contributed by atoms with E-state index in [2.05, 4.69) is 4.72 Å². The van der Waals surface area contributed by atoms with E-state index in [9.17, 15) is 13.2 Å². The second-order valence-corrected chi connectivity index (χ2v) is 8.60. The third-order valence-corrected chi connectivity index (χ3v) is 6.41. The van der Waals surface area contributed by atoms with E-state index in [4.69, 9.17) is 9.47 Å². The number of nitrogens with one attached hydrogen (secondary N) is 1. The van der Waals surface area contributed by atoms with Crippen LogP contribution in [-0.2, 0) is 21.2 Å². The minimum absolute atomic E-state index is 0.0832. The second-order valence-electron chi connectivity index (χ2n) is 6.83. The lowest BCUT2D eigenvalue weighted by Crippen LogP contribution is -2.35. The molecule has 1 aliphatic heterocycles. The van der Waals surface area contributed by atoms with Crippen molar-refractivity contribution in [1.82, 2.24) is 4.72 Å². The minimum Gasteiger partial charge on any atom is -0.493 e. The number of ether oxygens (including phenoxy) is 2. The molecule has 8 heteroatoms. The van der Waals surface area contributed by atoms with Crippen molar-refractivity contribution in [2.24, 2.45) is 0 Å². The number of sulfonamides is 1. The van der Waals surface area contributed by atoms with Crippen molar-refractivity contribution in [3.05, 3.63) is 48.0 Å². The highest BCUT2D eigenvalue weighted by Gasteiger charge is 2.20. The Morgan fingerprint density at radius 3 is 2.38 bits per heavy atom. The van der Waals surface area contributed by atoms with Gasteiger partial charge in [0.25, 0.3) is 0 Å². The monoisotopic (exact) mass is 418 g/mol. The first-order valence-electron chi connectivity index (χ1n) is 9.55. The highest BCUT2D eigenvalue weighted by atomic mass is 32.2. The fraction of sp³-hybridized carbons (Fsp3) is 0.381. The first kappa shape index (κ1) is 21.1. The predicted molar refractivity (Wildman–Crippen MR) is 111 cm³/mol. The van der Waals surface area contributed by atoms with Crippen molar-refractivity contribution >= 4 is 21.6 Å². The van der Waals surface area contributed by atoms with E-state index in [1.807, 2.05) is 12.1 Å². The molecule has 156 valence electrons. The molecule has 2 aromatic rings. The SMILES string of the molecule is COc1ccc(CCNS(=O)(=O)c2ccc(N3CCCCC3=O)cc2)cc1OC. The maximum Gasteiger partial charge on any atom is 0.240 e. The zero-order valence-corrected chi connectivity index (χ0v) is 17.5. The molecule has 1 amide bonds. The fourth-order valence-corrected chi connectivity index (χ4v) is 4.37. The molecule has 1 heterocycles. The molecule has 0 bridgehead atoms. The Morgan fingerprint density at radius 2 is 1.72 bits per heavy atom. The quantitative estimate of drug-likeness (QED) is 0.713. The van der Waals surface area contributed by atoms with E-state index < -0.39 is 10.0 Å². The van der Waals surface area contributed by atoms with Crippen molar-refractivity contribution in [1.29, 1.82) is 0 Å². The molecule has 2 aromatic carbocycles. The maximum atomic E-state index is 12.6. The van der Waals surface area contributed by atoms with Gasteiger partial charge in [-0.15, -0.1) is 0 Å². The van der Waals surface area contributed by atoms with E-state index in [0.717, 1.165) is 24.1 Å². The number of rotatable bonds is 8. The van der Waals surface area contributed by atoms with E-state index in [-0.39, 0.29) is 17.3 Å².